The standard InChI is InChI=1S/C17H24O4S/c1-12(2)22(19)16-9-7-13(8-10-16)17(18)21-15-6-4-5-14(11-15)20-3/h7-10,12,14-15H,4-6,11H2,1-3H3. The predicted octanol–water partition coefficient (Wildman–Crippen LogP) is 3.32. The SMILES string of the molecule is COC1CCCC(OC(=O)c2ccc(S(=O)C(C)C)cc2)C1. The number of hydrogen-bond acceptors (Lipinski definition) is 4. The zero-order valence-electron chi connectivity index (χ0n) is 13.4. The van der Waals surface area contributed by atoms with E-state index in [0.717, 1.165) is 30.6 Å². The van der Waals surface area contributed by atoms with E-state index in [4.69, 9.17) is 9.47 Å². The fourth-order valence-electron chi connectivity index (χ4n) is 2.64. The number of carbonyl (C=O) groups is 1. The molecule has 1 aliphatic carbocycles. The van der Waals surface area contributed by atoms with Gasteiger partial charge >= 0.3 is 5.97 Å². The lowest BCUT2D eigenvalue weighted by Crippen LogP contribution is -2.29. The van der Waals surface area contributed by atoms with Crippen LogP contribution in [0.2, 0.25) is 0 Å². The zero-order valence-corrected chi connectivity index (χ0v) is 14.2. The highest BCUT2D eigenvalue weighted by Gasteiger charge is 2.25. The second kappa shape index (κ2) is 7.88. The molecule has 1 saturated carbocycles. The molecule has 1 aromatic carbocycles. The van der Waals surface area contributed by atoms with Crippen LogP contribution in [0.5, 0.6) is 0 Å². The van der Waals surface area contributed by atoms with Crippen molar-refractivity contribution >= 4 is 16.8 Å². The average Bonchev–Trinajstić information content (AvgIpc) is 2.54. The van der Waals surface area contributed by atoms with Crippen LogP contribution in [-0.4, -0.2) is 34.7 Å². The highest BCUT2D eigenvalue weighted by atomic mass is 32.2. The molecule has 0 radical (unpaired) electrons. The largest absolute Gasteiger partial charge is 0.459 e. The third-order valence-electron chi connectivity index (χ3n) is 3.94. The molecule has 1 aliphatic rings. The molecule has 3 unspecified atom stereocenters. The summed E-state index contributed by atoms with van der Waals surface area (Å²) >= 11 is 0. The first kappa shape index (κ1) is 17.2. The van der Waals surface area contributed by atoms with Crippen LogP contribution in [0.15, 0.2) is 29.2 Å². The van der Waals surface area contributed by atoms with Gasteiger partial charge in [0.2, 0.25) is 0 Å². The lowest BCUT2D eigenvalue weighted by atomic mass is 9.95. The normalized spacial score (nSPS) is 23.3. The Bertz CT molecular complexity index is 524. The number of hydrogen-bond donors (Lipinski definition) is 0. The van der Waals surface area contributed by atoms with E-state index in [9.17, 15) is 9.00 Å². The van der Waals surface area contributed by atoms with Crippen molar-refractivity contribution in [3.8, 4) is 0 Å². The van der Waals surface area contributed by atoms with Gasteiger partial charge < -0.3 is 9.47 Å². The Labute approximate surface area is 134 Å². The Morgan fingerprint density at radius 3 is 2.41 bits per heavy atom. The van der Waals surface area contributed by atoms with Crippen LogP contribution in [0.4, 0.5) is 0 Å². The predicted molar refractivity (Wildman–Crippen MR) is 86.5 cm³/mol. The fourth-order valence-corrected chi connectivity index (χ4v) is 3.59. The molecule has 2 rings (SSSR count). The molecule has 0 aromatic heterocycles. The van der Waals surface area contributed by atoms with Gasteiger partial charge in [0, 0.05) is 23.7 Å². The number of esters is 1. The van der Waals surface area contributed by atoms with E-state index >= 15 is 0 Å². The highest BCUT2D eigenvalue weighted by Crippen LogP contribution is 2.24. The van der Waals surface area contributed by atoms with Crippen molar-refractivity contribution in [1.29, 1.82) is 0 Å². The molecule has 1 fully saturated rings. The van der Waals surface area contributed by atoms with Gasteiger partial charge in [0.15, 0.2) is 0 Å². The molecule has 0 spiro atoms. The van der Waals surface area contributed by atoms with Crippen molar-refractivity contribution in [2.24, 2.45) is 0 Å². The molecule has 0 N–H and O–H groups in total. The van der Waals surface area contributed by atoms with Crippen LogP contribution in [0.1, 0.15) is 49.9 Å². The third-order valence-corrected chi connectivity index (χ3v) is 5.53. The highest BCUT2D eigenvalue weighted by molar-refractivity contribution is 7.85. The van der Waals surface area contributed by atoms with Crippen molar-refractivity contribution in [2.75, 3.05) is 7.11 Å². The molecule has 1 aromatic rings. The van der Waals surface area contributed by atoms with Gasteiger partial charge in [0.25, 0.3) is 0 Å². The molecule has 0 heterocycles. The minimum Gasteiger partial charge on any atom is -0.459 e. The summed E-state index contributed by atoms with van der Waals surface area (Å²) in [5.74, 6) is -0.316. The Morgan fingerprint density at radius 2 is 1.82 bits per heavy atom. The van der Waals surface area contributed by atoms with E-state index in [-0.39, 0.29) is 23.4 Å². The number of carbonyl (C=O) groups excluding carboxylic acids is 1. The first-order valence-corrected chi connectivity index (χ1v) is 8.97. The Morgan fingerprint density at radius 1 is 1.18 bits per heavy atom. The molecule has 22 heavy (non-hydrogen) atoms. The maximum absolute atomic E-state index is 12.2. The number of rotatable bonds is 5. The Hall–Kier alpha value is -1.20. The van der Waals surface area contributed by atoms with Crippen LogP contribution in [-0.2, 0) is 20.3 Å². The van der Waals surface area contributed by atoms with Gasteiger partial charge in [-0.2, -0.15) is 0 Å². The minimum absolute atomic E-state index is 0.0611. The molecular weight excluding hydrogens is 300 g/mol. The lowest BCUT2D eigenvalue weighted by Gasteiger charge is -2.27. The smallest absolute Gasteiger partial charge is 0.338 e. The zero-order chi connectivity index (χ0) is 16.1. The first-order valence-electron chi connectivity index (χ1n) is 7.75. The summed E-state index contributed by atoms with van der Waals surface area (Å²) in [5, 5.41) is 0.0611. The van der Waals surface area contributed by atoms with Crippen molar-refractivity contribution in [1.82, 2.24) is 0 Å². The van der Waals surface area contributed by atoms with Gasteiger partial charge in [0.05, 0.1) is 22.5 Å². The maximum Gasteiger partial charge on any atom is 0.338 e. The van der Waals surface area contributed by atoms with E-state index in [1.165, 1.54) is 0 Å². The summed E-state index contributed by atoms with van der Waals surface area (Å²) in [6.07, 6.45) is 3.81. The topological polar surface area (TPSA) is 52.6 Å². The summed E-state index contributed by atoms with van der Waals surface area (Å²) in [6, 6.07) is 6.86. The molecule has 0 bridgehead atoms. The second-order valence-electron chi connectivity index (χ2n) is 5.92. The van der Waals surface area contributed by atoms with Crippen LogP contribution in [0.3, 0.4) is 0 Å². The van der Waals surface area contributed by atoms with E-state index in [1.807, 2.05) is 13.8 Å². The monoisotopic (exact) mass is 324 g/mol. The summed E-state index contributed by atoms with van der Waals surface area (Å²) in [7, 11) is 0.659. The minimum atomic E-state index is -1.04. The molecule has 3 atom stereocenters. The summed E-state index contributed by atoms with van der Waals surface area (Å²) in [5.41, 5.74) is 0.504. The third kappa shape index (κ3) is 4.40. The van der Waals surface area contributed by atoms with E-state index in [1.54, 1.807) is 31.4 Å². The molecule has 0 amide bonds. The number of methoxy groups -OCH3 is 1. The number of benzene rings is 1. The second-order valence-corrected chi connectivity index (χ2v) is 7.93. The molecule has 4 nitrogen and oxygen atoms in total. The van der Waals surface area contributed by atoms with Crippen molar-refractivity contribution in [3.05, 3.63) is 29.8 Å². The average molecular weight is 324 g/mol. The maximum atomic E-state index is 12.2. The quantitative estimate of drug-likeness (QED) is 0.780. The summed E-state index contributed by atoms with van der Waals surface area (Å²) < 4.78 is 22.9. The van der Waals surface area contributed by atoms with E-state index < -0.39 is 10.8 Å². The fraction of sp³-hybridized carbons (Fsp3) is 0.588. The lowest BCUT2D eigenvalue weighted by molar-refractivity contribution is -0.0149. The van der Waals surface area contributed by atoms with Crippen molar-refractivity contribution in [2.45, 2.75) is 61.9 Å². The Kier molecular flexibility index (Phi) is 6.15. The van der Waals surface area contributed by atoms with Crippen molar-refractivity contribution in [3.63, 3.8) is 0 Å². The molecule has 0 aliphatic heterocycles. The van der Waals surface area contributed by atoms with Gasteiger partial charge in [0.1, 0.15) is 6.10 Å². The molecule has 0 saturated heterocycles. The van der Waals surface area contributed by atoms with Gasteiger partial charge in [-0.1, -0.05) is 13.8 Å². The van der Waals surface area contributed by atoms with E-state index in [0.29, 0.717) is 5.56 Å². The van der Waals surface area contributed by atoms with Crippen LogP contribution in [0, 0.1) is 0 Å². The summed E-state index contributed by atoms with van der Waals surface area (Å²) in [4.78, 5) is 12.9. The van der Waals surface area contributed by atoms with Crippen LogP contribution in [0.25, 0.3) is 0 Å². The summed E-state index contributed by atoms with van der Waals surface area (Å²) in [6.45, 7) is 3.82. The molecular formula is C17H24O4S. The number of ether oxygens (including phenoxy) is 2. The van der Waals surface area contributed by atoms with Gasteiger partial charge in [-0.05, 0) is 43.5 Å². The first-order chi connectivity index (χ1) is 10.5. The molecule has 122 valence electrons. The van der Waals surface area contributed by atoms with E-state index in [2.05, 4.69) is 0 Å². The van der Waals surface area contributed by atoms with Gasteiger partial charge in [-0.15, -0.1) is 0 Å². The van der Waals surface area contributed by atoms with Crippen LogP contribution >= 0.6 is 0 Å². The van der Waals surface area contributed by atoms with Gasteiger partial charge in [-0.3, -0.25) is 4.21 Å². The van der Waals surface area contributed by atoms with Crippen LogP contribution < -0.4 is 0 Å². The molecule has 5 heteroatoms. The Balaban J connectivity index is 1.96. The van der Waals surface area contributed by atoms with Crippen molar-refractivity contribution < 1.29 is 18.5 Å². The van der Waals surface area contributed by atoms with Gasteiger partial charge in [-0.25, -0.2) is 4.79 Å².